The van der Waals surface area contributed by atoms with Gasteiger partial charge in [-0.3, -0.25) is 19.4 Å². The molecule has 0 bridgehead atoms. The van der Waals surface area contributed by atoms with E-state index in [0.29, 0.717) is 27.9 Å². The van der Waals surface area contributed by atoms with Crippen LogP contribution in [-0.2, 0) is 11.2 Å². The summed E-state index contributed by atoms with van der Waals surface area (Å²) < 4.78 is 0. The predicted octanol–water partition coefficient (Wildman–Crippen LogP) is 5.00. The number of benzene rings is 2. The van der Waals surface area contributed by atoms with Gasteiger partial charge in [-0.15, -0.1) is 0 Å². The molecule has 2 aliphatic rings. The van der Waals surface area contributed by atoms with E-state index in [0.717, 1.165) is 22.4 Å². The number of fused-ring (bicyclic) bond motifs is 1. The third-order valence-corrected chi connectivity index (χ3v) is 6.81. The number of H-pyrrole nitrogens is 1. The zero-order chi connectivity index (χ0) is 28.2. The highest BCUT2D eigenvalue weighted by Gasteiger charge is 2.24. The standard InChI is InChI=1S/C32H29N5O3/c1-19(2)25-14-26(27-17-35-18-36-29(25)27)31(39)23-13-24(16-34-15-23)37-32(40)28(33)12-20-8-10-22(11-9-20)30(38)21-6-4-3-5-7-21/h3-11,13-19,28H,12,33H2,1-2H3,(H,35,36)(H,37,40)/t28-/m1/s1. The fraction of sp³-hybridized carbons (Fsp3) is 0.156. The van der Waals surface area contributed by atoms with Gasteiger partial charge in [-0.05, 0) is 35.6 Å². The summed E-state index contributed by atoms with van der Waals surface area (Å²) in [4.78, 5) is 50.4. The molecule has 0 radical (unpaired) electrons. The number of hydrogen-bond acceptors (Lipinski definition) is 6. The first-order valence-corrected chi connectivity index (χ1v) is 13.0. The molecule has 1 aliphatic carbocycles. The summed E-state index contributed by atoms with van der Waals surface area (Å²) in [7, 11) is 0. The fourth-order valence-electron chi connectivity index (χ4n) is 4.67. The van der Waals surface area contributed by atoms with Crippen LogP contribution in [0.5, 0.6) is 0 Å². The van der Waals surface area contributed by atoms with Gasteiger partial charge >= 0.3 is 0 Å². The third-order valence-electron chi connectivity index (χ3n) is 6.81. The molecule has 0 unspecified atom stereocenters. The van der Waals surface area contributed by atoms with Crippen LogP contribution >= 0.6 is 0 Å². The lowest BCUT2D eigenvalue weighted by atomic mass is 9.99. The molecular formula is C32H29N5O3. The summed E-state index contributed by atoms with van der Waals surface area (Å²) in [5.74, 6) is -0.471. The number of ketones is 2. The van der Waals surface area contributed by atoms with Crippen LogP contribution < -0.4 is 11.1 Å². The molecule has 4 N–H and O–H groups in total. The average molecular weight is 532 g/mol. The van der Waals surface area contributed by atoms with Gasteiger partial charge in [-0.2, -0.15) is 0 Å². The number of nitrogens with one attached hydrogen (secondary N) is 2. The minimum Gasteiger partial charge on any atom is -0.346 e. The zero-order valence-electron chi connectivity index (χ0n) is 22.2. The van der Waals surface area contributed by atoms with E-state index in [1.165, 1.54) is 12.4 Å². The number of carbonyl (C=O) groups is 3. The Morgan fingerprint density at radius 2 is 1.57 bits per heavy atom. The number of anilines is 1. The van der Waals surface area contributed by atoms with Crippen LogP contribution in [0.1, 0.15) is 62.7 Å². The Morgan fingerprint density at radius 3 is 2.30 bits per heavy atom. The molecule has 40 heavy (non-hydrogen) atoms. The number of aromatic amines is 1. The van der Waals surface area contributed by atoms with Gasteiger partial charge in [0.25, 0.3) is 0 Å². The van der Waals surface area contributed by atoms with E-state index >= 15 is 0 Å². The Kier molecular flexibility index (Phi) is 7.61. The maximum Gasteiger partial charge on any atom is 0.241 e. The minimum atomic E-state index is -0.843. The van der Waals surface area contributed by atoms with E-state index in [4.69, 9.17) is 5.73 Å². The van der Waals surface area contributed by atoms with Crippen molar-refractivity contribution in [3.63, 3.8) is 0 Å². The lowest BCUT2D eigenvalue weighted by molar-refractivity contribution is -0.117. The number of pyridine rings is 1. The molecule has 8 nitrogen and oxygen atoms in total. The van der Waals surface area contributed by atoms with Crippen LogP contribution in [0.4, 0.5) is 5.69 Å². The van der Waals surface area contributed by atoms with Gasteiger partial charge in [0.2, 0.25) is 5.91 Å². The zero-order valence-corrected chi connectivity index (χ0v) is 22.2. The van der Waals surface area contributed by atoms with Gasteiger partial charge in [0.15, 0.2) is 11.6 Å². The lowest BCUT2D eigenvalue weighted by Gasteiger charge is -2.13. The van der Waals surface area contributed by atoms with Crippen LogP contribution in [0.3, 0.4) is 0 Å². The summed E-state index contributed by atoms with van der Waals surface area (Å²) in [6, 6.07) is 18.8. The van der Waals surface area contributed by atoms with E-state index in [-0.39, 0.29) is 23.9 Å². The topological polar surface area (TPSA) is 131 Å². The number of aromatic nitrogens is 3. The van der Waals surface area contributed by atoms with Crippen molar-refractivity contribution < 1.29 is 14.4 Å². The SMILES string of the molecule is CC(C)c1cc(C(=O)c2cncc(NC(=O)[C@H](N)Cc3ccc(C(=O)c4ccccc4)cc3)c2)c2cnc[nH]c1-2. The van der Waals surface area contributed by atoms with E-state index in [1.54, 1.807) is 55.0 Å². The Labute approximate surface area is 232 Å². The monoisotopic (exact) mass is 531 g/mol. The highest BCUT2D eigenvalue weighted by Crippen LogP contribution is 2.35. The second kappa shape index (κ2) is 11.4. The first-order chi connectivity index (χ1) is 19.3. The van der Waals surface area contributed by atoms with Crippen LogP contribution in [0.15, 0.2) is 91.6 Å². The summed E-state index contributed by atoms with van der Waals surface area (Å²) in [6.45, 7) is 4.13. The number of rotatable bonds is 9. The van der Waals surface area contributed by atoms with Gasteiger partial charge < -0.3 is 16.0 Å². The lowest BCUT2D eigenvalue weighted by Crippen LogP contribution is -2.37. The summed E-state index contributed by atoms with van der Waals surface area (Å²) >= 11 is 0. The van der Waals surface area contributed by atoms with Crippen molar-refractivity contribution in [3.05, 3.63) is 125 Å². The average Bonchev–Trinajstić information content (AvgIpc) is 3.37. The van der Waals surface area contributed by atoms with Gasteiger partial charge in [0.05, 0.1) is 29.9 Å². The smallest absolute Gasteiger partial charge is 0.241 e. The number of hydrogen-bond donors (Lipinski definition) is 3. The quantitative estimate of drug-likeness (QED) is 0.229. The molecule has 1 aliphatic heterocycles. The summed E-state index contributed by atoms with van der Waals surface area (Å²) in [5, 5.41) is 2.77. The Bertz CT molecular complexity index is 1640. The second-order valence-electron chi connectivity index (χ2n) is 9.99. The molecule has 0 saturated carbocycles. The molecular weight excluding hydrogens is 502 g/mol. The van der Waals surface area contributed by atoms with Crippen LogP contribution in [0, 0.1) is 0 Å². The van der Waals surface area contributed by atoms with E-state index in [1.807, 2.05) is 24.3 Å². The third kappa shape index (κ3) is 5.57. The second-order valence-corrected chi connectivity index (χ2v) is 9.99. The molecule has 2 aromatic carbocycles. The summed E-state index contributed by atoms with van der Waals surface area (Å²) in [5.41, 5.74) is 12.1. The van der Waals surface area contributed by atoms with E-state index < -0.39 is 11.9 Å². The fourth-order valence-corrected chi connectivity index (χ4v) is 4.67. The van der Waals surface area contributed by atoms with Gasteiger partial charge in [-0.25, -0.2) is 4.98 Å². The van der Waals surface area contributed by atoms with Gasteiger partial charge in [-0.1, -0.05) is 68.4 Å². The van der Waals surface area contributed by atoms with Crippen molar-refractivity contribution >= 4 is 23.2 Å². The molecule has 0 spiro atoms. The Morgan fingerprint density at radius 1 is 0.850 bits per heavy atom. The Balaban J connectivity index is 1.26. The van der Waals surface area contributed by atoms with Crippen LogP contribution in [0.2, 0.25) is 0 Å². The first-order valence-electron chi connectivity index (χ1n) is 13.0. The predicted molar refractivity (Wildman–Crippen MR) is 154 cm³/mol. The number of nitrogens with zero attached hydrogens (tertiary/aromatic N) is 2. The van der Waals surface area contributed by atoms with Crippen molar-refractivity contribution in [3.8, 4) is 11.3 Å². The molecule has 3 aromatic rings. The molecule has 1 aromatic heterocycles. The maximum atomic E-state index is 13.4. The normalized spacial score (nSPS) is 11.9. The van der Waals surface area contributed by atoms with Gasteiger partial charge in [0, 0.05) is 40.2 Å². The van der Waals surface area contributed by atoms with Crippen molar-refractivity contribution in [1.82, 2.24) is 15.0 Å². The first kappa shape index (κ1) is 26.6. The van der Waals surface area contributed by atoms with Crippen molar-refractivity contribution in [2.45, 2.75) is 32.2 Å². The highest BCUT2D eigenvalue weighted by atomic mass is 16.2. The van der Waals surface area contributed by atoms with Crippen molar-refractivity contribution in [2.24, 2.45) is 5.73 Å². The molecule has 1 amide bonds. The van der Waals surface area contributed by atoms with E-state index in [9.17, 15) is 14.4 Å². The molecule has 1 atom stereocenters. The number of amides is 1. The summed E-state index contributed by atoms with van der Waals surface area (Å²) in [6.07, 6.45) is 6.50. The molecule has 5 rings (SSSR count). The highest BCUT2D eigenvalue weighted by molar-refractivity contribution is 6.14. The maximum absolute atomic E-state index is 13.4. The van der Waals surface area contributed by atoms with E-state index in [2.05, 4.69) is 34.1 Å². The van der Waals surface area contributed by atoms with Gasteiger partial charge in [0.1, 0.15) is 0 Å². The van der Waals surface area contributed by atoms with Crippen molar-refractivity contribution in [1.29, 1.82) is 0 Å². The number of carbonyl (C=O) groups excluding carboxylic acids is 3. The largest absolute Gasteiger partial charge is 0.346 e. The number of nitrogens with two attached hydrogens (primary N) is 1. The molecule has 2 heterocycles. The molecule has 200 valence electrons. The van der Waals surface area contributed by atoms with Crippen LogP contribution in [-0.4, -0.2) is 38.5 Å². The van der Waals surface area contributed by atoms with Crippen LogP contribution in [0.25, 0.3) is 11.3 Å². The molecule has 0 saturated heterocycles. The molecule has 8 heteroatoms. The minimum absolute atomic E-state index is 0.0688. The molecule has 0 fully saturated rings. The Hall–Kier alpha value is -4.95. The van der Waals surface area contributed by atoms with Crippen molar-refractivity contribution in [2.75, 3.05) is 5.32 Å².